The zero-order valence-electron chi connectivity index (χ0n) is 6.99. The first-order valence-corrected chi connectivity index (χ1v) is 4.09. The molecular weight excluding hydrogens is 166 g/mol. The number of hydrogen-bond acceptors (Lipinski definition) is 3. The second-order valence-corrected chi connectivity index (χ2v) is 3.19. The number of benzene rings is 1. The molecule has 2 N–H and O–H groups in total. The molecule has 0 fully saturated rings. The third-order valence-corrected chi connectivity index (χ3v) is 2.20. The molecule has 0 bridgehead atoms. The van der Waals surface area contributed by atoms with Gasteiger partial charge in [-0.15, -0.1) is 0 Å². The Morgan fingerprint density at radius 1 is 1.46 bits per heavy atom. The van der Waals surface area contributed by atoms with E-state index in [0.717, 1.165) is 6.42 Å². The summed E-state index contributed by atoms with van der Waals surface area (Å²) >= 11 is 0. The molecule has 0 aromatic heterocycles. The van der Waals surface area contributed by atoms with Crippen molar-refractivity contribution >= 4 is 12.1 Å². The van der Waals surface area contributed by atoms with Gasteiger partial charge >= 0.3 is 0 Å². The summed E-state index contributed by atoms with van der Waals surface area (Å²) in [5, 5.41) is 0. The van der Waals surface area contributed by atoms with E-state index in [4.69, 9.17) is 5.73 Å². The molecule has 1 unspecified atom stereocenters. The Morgan fingerprint density at radius 2 is 2.23 bits per heavy atom. The van der Waals surface area contributed by atoms with E-state index in [1.54, 1.807) is 12.1 Å². The Balaban J connectivity index is 2.26. The summed E-state index contributed by atoms with van der Waals surface area (Å²) in [4.78, 5) is 21.7. The van der Waals surface area contributed by atoms with Crippen molar-refractivity contribution in [3.8, 4) is 0 Å². The highest BCUT2D eigenvalue weighted by Gasteiger charge is 2.20. The Kier molecular flexibility index (Phi) is 1.74. The lowest BCUT2D eigenvalue weighted by Crippen LogP contribution is -2.31. The molecule has 0 aliphatic heterocycles. The Morgan fingerprint density at radius 3 is 2.85 bits per heavy atom. The molecule has 0 saturated heterocycles. The van der Waals surface area contributed by atoms with E-state index in [9.17, 15) is 9.59 Å². The first-order valence-electron chi connectivity index (χ1n) is 4.09. The highest BCUT2D eigenvalue weighted by atomic mass is 16.1. The summed E-state index contributed by atoms with van der Waals surface area (Å²) in [7, 11) is 0. The molecule has 13 heavy (non-hydrogen) atoms. The number of fused-ring (bicyclic) bond motifs is 1. The molecule has 1 atom stereocenters. The van der Waals surface area contributed by atoms with Crippen LogP contribution < -0.4 is 5.73 Å². The summed E-state index contributed by atoms with van der Waals surface area (Å²) in [6, 6.07) is 4.41. The van der Waals surface area contributed by atoms with Gasteiger partial charge in [0.2, 0.25) is 0 Å². The quantitative estimate of drug-likeness (QED) is 0.414. The standard InChI is InChI=1S/C10H9NO2/c11-9(5-12)10(13)7-2-1-6-3-8(6)4-7/h1-2,4-5,9H,3,11H2. The number of nitrogens with two attached hydrogens (primary N) is 1. The van der Waals surface area contributed by atoms with Crippen molar-refractivity contribution in [2.24, 2.45) is 5.73 Å². The highest BCUT2D eigenvalue weighted by Crippen LogP contribution is 2.28. The molecule has 3 heteroatoms. The van der Waals surface area contributed by atoms with E-state index in [-0.39, 0.29) is 5.78 Å². The minimum Gasteiger partial charge on any atom is -0.315 e. The molecule has 0 saturated carbocycles. The first-order chi connectivity index (χ1) is 6.22. The lowest BCUT2D eigenvalue weighted by molar-refractivity contribution is -0.108. The van der Waals surface area contributed by atoms with Gasteiger partial charge < -0.3 is 10.5 Å². The van der Waals surface area contributed by atoms with Gasteiger partial charge in [0.1, 0.15) is 12.3 Å². The summed E-state index contributed by atoms with van der Waals surface area (Å²) < 4.78 is 0. The van der Waals surface area contributed by atoms with Crippen molar-refractivity contribution in [1.82, 2.24) is 0 Å². The van der Waals surface area contributed by atoms with Crippen molar-refractivity contribution in [2.75, 3.05) is 0 Å². The predicted octanol–water partition coefficient (Wildman–Crippen LogP) is 0.300. The third-order valence-electron chi connectivity index (χ3n) is 2.20. The fraction of sp³-hybridized carbons (Fsp3) is 0.200. The number of ketones is 1. The van der Waals surface area contributed by atoms with E-state index >= 15 is 0 Å². The van der Waals surface area contributed by atoms with Gasteiger partial charge in [-0.2, -0.15) is 0 Å². The number of hydrogen-bond donors (Lipinski definition) is 1. The van der Waals surface area contributed by atoms with E-state index in [0.29, 0.717) is 11.8 Å². The van der Waals surface area contributed by atoms with Gasteiger partial charge in [0.05, 0.1) is 0 Å². The molecule has 0 amide bonds. The van der Waals surface area contributed by atoms with Crippen molar-refractivity contribution < 1.29 is 9.59 Å². The molecule has 1 aromatic rings. The van der Waals surface area contributed by atoms with Gasteiger partial charge in [0.15, 0.2) is 5.78 Å². The van der Waals surface area contributed by atoms with Crippen LogP contribution in [-0.4, -0.2) is 18.1 Å². The van der Waals surface area contributed by atoms with Gasteiger partial charge in [0.25, 0.3) is 0 Å². The van der Waals surface area contributed by atoms with Crippen LogP contribution in [0.2, 0.25) is 0 Å². The molecule has 66 valence electrons. The average Bonchev–Trinajstić information content (AvgIpc) is 2.92. The summed E-state index contributed by atoms with van der Waals surface area (Å²) in [5.41, 5.74) is 8.29. The summed E-state index contributed by atoms with van der Waals surface area (Å²) in [6.07, 6.45) is 1.43. The van der Waals surface area contributed by atoms with Crippen molar-refractivity contribution in [3.63, 3.8) is 0 Å². The lowest BCUT2D eigenvalue weighted by atomic mass is 10.1. The topological polar surface area (TPSA) is 60.2 Å². The minimum atomic E-state index is -1.02. The van der Waals surface area contributed by atoms with E-state index < -0.39 is 6.04 Å². The van der Waals surface area contributed by atoms with Crippen molar-refractivity contribution in [3.05, 3.63) is 34.9 Å². The lowest BCUT2D eigenvalue weighted by Gasteiger charge is -2.01. The smallest absolute Gasteiger partial charge is 0.186 e. The van der Waals surface area contributed by atoms with Crippen LogP contribution in [0.4, 0.5) is 0 Å². The zero-order chi connectivity index (χ0) is 9.42. The molecule has 1 aromatic carbocycles. The number of aldehydes is 1. The van der Waals surface area contributed by atoms with Gasteiger partial charge in [0, 0.05) is 5.56 Å². The third kappa shape index (κ3) is 1.38. The average molecular weight is 175 g/mol. The maximum absolute atomic E-state index is 11.4. The second-order valence-electron chi connectivity index (χ2n) is 3.19. The van der Waals surface area contributed by atoms with Gasteiger partial charge in [-0.25, -0.2) is 0 Å². The van der Waals surface area contributed by atoms with Crippen LogP contribution in [0.25, 0.3) is 0 Å². The van der Waals surface area contributed by atoms with Crippen LogP contribution in [0.1, 0.15) is 21.5 Å². The maximum atomic E-state index is 11.4. The molecule has 1 aliphatic rings. The second kappa shape index (κ2) is 2.78. The van der Waals surface area contributed by atoms with Crippen molar-refractivity contribution in [1.29, 1.82) is 0 Å². The summed E-state index contributed by atoms with van der Waals surface area (Å²) in [6.45, 7) is 0. The Labute approximate surface area is 75.5 Å². The first kappa shape index (κ1) is 8.13. The number of Topliss-reactive ketones (excluding diaryl/α,β-unsaturated/α-hetero) is 1. The van der Waals surface area contributed by atoms with Crippen LogP contribution >= 0.6 is 0 Å². The fourth-order valence-corrected chi connectivity index (χ4v) is 1.30. The Hall–Kier alpha value is -1.48. The van der Waals surface area contributed by atoms with Crippen LogP contribution in [0.5, 0.6) is 0 Å². The molecule has 0 heterocycles. The van der Waals surface area contributed by atoms with Crippen LogP contribution in [0.15, 0.2) is 18.2 Å². The van der Waals surface area contributed by atoms with Gasteiger partial charge in [-0.1, -0.05) is 12.1 Å². The molecule has 3 nitrogen and oxygen atoms in total. The fourth-order valence-electron chi connectivity index (χ4n) is 1.30. The molecule has 0 radical (unpaired) electrons. The predicted molar refractivity (Wildman–Crippen MR) is 47.6 cm³/mol. The number of carbonyl (C=O) groups is 2. The summed E-state index contributed by atoms with van der Waals surface area (Å²) in [5.74, 6) is -0.301. The van der Waals surface area contributed by atoms with Gasteiger partial charge in [-0.3, -0.25) is 4.79 Å². The Bertz CT molecular complexity index is 385. The maximum Gasteiger partial charge on any atom is 0.186 e. The zero-order valence-corrected chi connectivity index (χ0v) is 6.99. The molecule has 2 rings (SSSR count). The van der Waals surface area contributed by atoms with Crippen LogP contribution in [-0.2, 0) is 11.2 Å². The molecule has 1 aliphatic carbocycles. The monoisotopic (exact) mass is 175 g/mol. The number of carbonyl (C=O) groups excluding carboxylic acids is 2. The largest absolute Gasteiger partial charge is 0.315 e. The van der Waals surface area contributed by atoms with Crippen LogP contribution in [0, 0.1) is 0 Å². The van der Waals surface area contributed by atoms with E-state index in [1.807, 2.05) is 6.07 Å². The van der Waals surface area contributed by atoms with Crippen molar-refractivity contribution in [2.45, 2.75) is 12.5 Å². The van der Waals surface area contributed by atoms with E-state index in [2.05, 4.69) is 0 Å². The van der Waals surface area contributed by atoms with Gasteiger partial charge in [-0.05, 0) is 23.6 Å². The SMILES string of the molecule is NC(C=O)C(=O)c1ccc2c(c1)C2. The van der Waals surface area contributed by atoms with E-state index in [1.165, 1.54) is 11.1 Å². The normalized spacial score (nSPS) is 14.5. The molecular formula is C10H9NO2. The minimum absolute atomic E-state index is 0.301. The number of rotatable bonds is 3. The van der Waals surface area contributed by atoms with Crippen LogP contribution in [0.3, 0.4) is 0 Å². The molecule has 0 spiro atoms. The highest BCUT2D eigenvalue weighted by molar-refractivity contribution is 6.08.